The van der Waals surface area contributed by atoms with Gasteiger partial charge in [-0.3, -0.25) is 9.69 Å². The maximum Gasteiger partial charge on any atom is 0.252 e. The van der Waals surface area contributed by atoms with E-state index in [4.69, 9.17) is 5.10 Å². The number of hydrogen-bond acceptors (Lipinski definition) is 3. The number of carbonyl (C=O) groups is 1. The number of aromatic nitrogens is 2. The molecular weight excluding hydrogens is 372 g/mol. The van der Waals surface area contributed by atoms with Crippen LogP contribution in [0.3, 0.4) is 0 Å². The zero-order valence-corrected chi connectivity index (χ0v) is 16.3. The number of hydrogen-bond donors (Lipinski definition) is 1. The monoisotopic (exact) mass is 392 g/mol. The number of nitrogens with zero attached hydrogens (tertiary/aromatic N) is 3. The zero-order chi connectivity index (χ0) is 20.3. The van der Waals surface area contributed by atoms with Crippen molar-refractivity contribution in [2.75, 3.05) is 16.9 Å². The van der Waals surface area contributed by atoms with Gasteiger partial charge in [0, 0.05) is 23.4 Å². The summed E-state index contributed by atoms with van der Waals surface area (Å²) in [5.74, 6) is -0.0704. The van der Waals surface area contributed by atoms with Crippen molar-refractivity contribution in [3.63, 3.8) is 0 Å². The summed E-state index contributed by atoms with van der Waals surface area (Å²) in [6.45, 7) is 0.470. The highest BCUT2D eigenvalue weighted by molar-refractivity contribution is 6.07. The molecule has 0 atom stereocenters. The Kier molecular flexibility index (Phi) is 4.62. The molecule has 2 heterocycles. The average molecular weight is 392 g/mol. The van der Waals surface area contributed by atoms with Crippen LogP contribution in [0.15, 0.2) is 97.2 Å². The van der Waals surface area contributed by atoms with Crippen LogP contribution in [0, 0.1) is 0 Å². The lowest BCUT2D eigenvalue weighted by atomic mass is 10.1. The van der Waals surface area contributed by atoms with Crippen LogP contribution in [0.5, 0.6) is 0 Å². The largest absolute Gasteiger partial charge is 0.366 e. The summed E-state index contributed by atoms with van der Waals surface area (Å²) < 4.78 is 1.85. The second-order valence-electron chi connectivity index (χ2n) is 7.03. The molecule has 5 rings (SSSR count). The number of benzene rings is 3. The molecule has 30 heavy (non-hydrogen) atoms. The Morgan fingerprint density at radius 2 is 1.60 bits per heavy atom. The molecule has 0 fully saturated rings. The Morgan fingerprint density at radius 3 is 2.40 bits per heavy atom. The summed E-state index contributed by atoms with van der Waals surface area (Å²) >= 11 is 0. The molecule has 0 unspecified atom stereocenters. The summed E-state index contributed by atoms with van der Waals surface area (Å²) in [7, 11) is 0. The van der Waals surface area contributed by atoms with E-state index in [0.717, 1.165) is 33.9 Å². The highest BCUT2D eigenvalue weighted by atomic mass is 16.2. The first-order valence-electron chi connectivity index (χ1n) is 9.82. The van der Waals surface area contributed by atoms with Crippen LogP contribution in [-0.2, 0) is 4.79 Å². The van der Waals surface area contributed by atoms with Crippen LogP contribution in [0.25, 0.3) is 23.0 Å². The molecule has 0 saturated heterocycles. The molecule has 4 aromatic rings. The highest BCUT2D eigenvalue weighted by Crippen LogP contribution is 2.31. The van der Waals surface area contributed by atoms with E-state index in [1.165, 1.54) is 0 Å². The SMILES string of the molecule is O=C(/C=C/c1cn(-c2ccccc2)nc1-c1ccccc1)N1CNc2ccccc21. The van der Waals surface area contributed by atoms with Gasteiger partial charge in [0.25, 0.3) is 5.91 Å². The molecule has 1 N–H and O–H groups in total. The van der Waals surface area contributed by atoms with E-state index in [9.17, 15) is 4.79 Å². The fourth-order valence-corrected chi connectivity index (χ4v) is 3.60. The van der Waals surface area contributed by atoms with Crippen LogP contribution in [0.4, 0.5) is 11.4 Å². The van der Waals surface area contributed by atoms with E-state index in [-0.39, 0.29) is 5.91 Å². The number of rotatable bonds is 4. The van der Waals surface area contributed by atoms with Crippen LogP contribution >= 0.6 is 0 Å². The standard InChI is InChI=1S/C25H20N4O/c30-24(28-18-26-22-13-7-8-14-23(22)28)16-15-20-17-29(21-11-5-2-6-12-21)27-25(20)19-9-3-1-4-10-19/h1-17,26H,18H2/b16-15+. The fraction of sp³-hybridized carbons (Fsp3) is 0.0400. The maximum atomic E-state index is 12.9. The Labute approximate surface area is 174 Å². The minimum atomic E-state index is -0.0704. The molecule has 5 heteroatoms. The lowest BCUT2D eigenvalue weighted by molar-refractivity contribution is -0.114. The summed E-state index contributed by atoms with van der Waals surface area (Å²) in [5.41, 5.74) is 5.57. The van der Waals surface area contributed by atoms with Gasteiger partial charge in [0.2, 0.25) is 0 Å². The van der Waals surface area contributed by atoms with Gasteiger partial charge in [-0.2, -0.15) is 5.10 Å². The lowest BCUT2D eigenvalue weighted by Gasteiger charge is -2.13. The number of carbonyl (C=O) groups excluding carboxylic acids is 1. The molecule has 1 amide bonds. The molecule has 146 valence electrons. The quantitative estimate of drug-likeness (QED) is 0.499. The number of nitrogens with one attached hydrogen (secondary N) is 1. The molecule has 0 spiro atoms. The summed E-state index contributed by atoms with van der Waals surface area (Å²) in [4.78, 5) is 14.6. The topological polar surface area (TPSA) is 50.2 Å². The first-order valence-corrected chi connectivity index (χ1v) is 9.82. The molecule has 0 radical (unpaired) electrons. The number of amides is 1. The van der Waals surface area contributed by atoms with Crippen molar-refractivity contribution < 1.29 is 4.79 Å². The Bertz CT molecular complexity index is 1210. The van der Waals surface area contributed by atoms with Crippen molar-refractivity contribution in [3.8, 4) is 16.9 Å². The van der Waals surface area contributed by atoms with Gasteiger partial charge >= 0.3 is 0 Å². The van der Waals surface area contributed by atoms with Crippen molar-refractivity contribution in [3.05, 3.63) is 103 Å². The first-order chi connectivity index (χ1) is 14.8. The predicted molar refractivity (Wildman–Crippen MR) is 120 cm³/mol. The third-order valence-corrected chi connectivity index (χ3v) is 5.10. The van der Waals surface area contributed by atoms with Gasteiger partial charge in [0.15, 0.2) is 0 Å². The van der Waals surface area contributed by atoms with Gasteiger partial charge in [0.05, 0.1) is 29.4 Å². The summed E-state index contributed by atoms with van der Waals surface area (Å²) in [6.07, 6.45) is 5.41. The molecule has 1 aromatic heterocycles. The Morgan fingerprint density at radius 1 is 0.900 bits per heavy atom. The van der Waals surface area contributed by atoms with Gasteiger partial charge < -0.3 is 5.32 Å². The van der Waals surface area contributed by atoms with Crippen molar-refractivity contribution in [2.24, 2.45) is 0 Å². The second-order valence-corrected chi connectivity index (χ2v) is 7.03. The molecule has 1 aliphatic rings. The van der Waals surface area contributed by atoms with Gasteiger partial charge in [-0.05, 0) is 30.3 Å². The third kappa shape index (κ3) is 3.37. The zero-order valence-electron chi connectivity index (χ0n) is 16.3. The van der Waals surface area contributed by atoms with Crippen LogP contribution < -0.4 is 10.2 Å². The molecule has 0 saturated carbocycles. The van der Waals surface area contributed by atoms with E-state index >= 15 is 0 Å². The van der Waals surface area contributed by atoms with E-state index < -0.39 is 0 Å². The smallest absolute Gasteiger partial charge is 0.252 e. The minimum absolute atomic E-state index is 0.0704. The van der Waals surface area contributed by atoms with Gasteiger partial charge in [0.1, 0.15) is 0 Å². The molecule has 3 aromatic carbocycles. The number of anilines is 2. The average Bonchev–Trinajstić information content (AvgIpc) is 3.43. The van der Waals surface area contributed by atoms with Crippen molar-refractivity contribution in [1.29, 1.82) is 0 Å². The summed E-state index contributed by atoms with van der Waals surface area (Å²) in [6, 6.07) is 27.8. The molecular formula is C25H20N4O. The van der Waals surface area contributed by atoms with E-state index in [0.29, 0.717) is 6.67 Å². The highest BCUT2D eigenvalue weighted by Gasteiger charge is 2.22. The molecule has 0 bridgehead atoms. The predicted octanol–water partition coefficient (Wildman–Crippen LogP) is 4.97. The van der Waals surface area contributed by atoms with Crippen LogP contribution in [-0.4, -0.2) is 22.4 Å². The number of fused-ring (bicyclic) bond motifs is 1. The fourth-order valence-electron chi connectivity index (χ4n) is 3.60. The normalized spacial score (nSPS) is 12.7. The number of para-hydroxylation sites is 3. The van der Waals surface area contributed by atoms with E-state index in [1.54, 1.807) is 11.0 Å². The van der Waals surface area contributed by atoms with E-state index in [2.05, 4.69) is 5.32 Å². The van der Waals surface area contributed by atoms with Crippen molar-refractivity contribution >= 4 is 23.4 Å². The molecule has 5 nitrogen and oxygen atoms in total. The van der Waals surface area contributed by atoms with Crippen LogP contribution in [0.2, 0.25) is 0 Å². The Hall–Kier alpha value is -4.12. The minimum Gasteiger partial charge on any atom is -0.366 e. The third-order valence-electron chi connectivity index (χ3n) is 5.10. The van der Waals surface area contributed by atoms with Crippen molar-refractivity contribution in [1.82, 2.24) is 9.78 Å². The van der Waals surface area contributed by atoms with Crippen LogP contribution in [0.1, 0.15) is 5.56 Å². The molecule has 1 aliphatic heterocycles. The Balaban J connectivity index is 1.49. The first kappa shape index (κ1) is 17.9. The van der Waals surface area contributed by atoms with Crippen molar-refractivity contribution in [2.45, 2.75) is 0 Å². The molecule has 0 aliphatic carbocycles. The second kappa shape index (κ2) is 7.72. The summed E-state index contributed by atoms with van der Waals surface area (Å²) in [5, 5.41) is 8.04. The lowest BCUT2D eigenvalue weighted by Crippen LogP contribution is -2.28. The van der Waals surface area contributed by atoms with Gasteiger partial charge in [-0.15, -0.1) is 0 Å². The van der Waals surface area contributed by atoms with Gasteiger partial charge in [-0.25, -0.2) is 4.68 Å². The van der Waals surface area contributed by atoms with Gasteiger partial charge in [-0.1, -0.05) is 60.7 Å². The van der Waals surface area contributed by atoms with E-state index in [1.807, 2.05) is 102 Å². The maximum absolute atomic E-state index is 12.9.